The highest BCUT2D eigenvalue weighted by Gasteiger charge is 2.31. The maximum atomic E-state index is 12.3. The van der Waals surface area contributed by atoms with Gasteiger partial charge in [0.05, 0.1) is 0 Å². The van der Waals surface area contributed by atoms with Crippen molar-refractivity contribution in [3.05, 3.63) is 29.8 Å². The molecule has 2 atom stereocenters. The third kappa shape index (κ3) is 4.72. The molecule has 20 heavy (non-hydrogen) atoms. The first-order chi connectivity index (χ1) is 9.60. The summed E-state index contributed by atoms with van der Waals surface area (Å²) >= 11 is 0.569. The van der Waals surface area contributed by atoms with Gasteiger partial charge in [-0.1, -0.05) is 23.9 Å². The predicted octanol–water partition coefficient (Wildman–Crippen LogP) is 3.81. The average molecular weight is 301 g/mol. The molecule has 1 fully saturated rings. The normalized spacial score (nSPS) is 18.2. The molecule has 2 unspecified atom stereocenters. The molecule has 2 rings (SSSR count). The third-order valence-electron chi connectivity index (χ3n) is 3.70. The monoisotopic (exact) mass is 301 g/mol. The van der Waals surface area contributed by atoms with Gasteiger partial charge >= 0.3 is 0 Å². The van der Waals surface area contributed by atoms with Gasteiger partial charge in [-0.3, -0.25) is 0 Å². The van der Waals surface area contributed by atoms with Crippen molar-refractivity contribution >= 4 is 11.8 Å². The molecule has 0 aromatic heterocycles. The SMILES string of the molecule is CC(NC(CCO)C1CC1)c1ccc(SC(F)F)cc1. The highest BCUT2D eigenvalue weighted by Crippen LogP contribution is 2.35. The first-order valence-electron chi connectivity index (χ1n) is 7.02. The molecule has 2 nitrogen and oxygen atoms in total. The Morgan fingerprint density at radius 1 is 1.30 bits per heavy atom. The van der Waals surface area contributed by atoms with Crippen molar-refractivity contribution in [3.63, 3.8) is 0 Å². The minimum atomic E-state index is -2.37. The topological polar surface area (TPSA) is 32.3 Å². The summed E-state index contributed by atoms with van der Waals surface area (Å²) in [6, 6.07) is 7.78. The van der Waals surface area contributed by atoms with Gasteiger partial charge in [-0.15, -0.1) is 0 Å². The number of thioether (sulfide) groups is 1. The number of aliphatic hydroxyl groups is 1. The molecular weight excluding hydrogens is 280 g/mol. The van der Waals surface area contributed by atoms with Crippen LogP contribution in [0.15, 0.2) is 29.2 Å². The van der Waals surface area contributed by atoms with Gasteiger partial charge in [0, 0.05) is 23.6 Å². The van der Waals surface area contributed by atoms with Gasteiger partial charge < -0.3 is 10.4 Å². The Labute approximate surface area is 123 Å². The second-order valence-electron chi connectivity index (χ2n) is 5.29. The number of aliphatic hydroxyl groups excluding tert-OH is 1. The van der Waals surface area contributed by atoms with Crippen LogP contribution in [-0.4, -0.2) is 23.5 Å². The molecule has 1 aliphatic rings. The molecule has 1 aromatic rings. The van der Waals surface area contributed by atoms with E-state index in [4.69, 9.17) is 5.11 Å². The third-order valence-corrected chi connectivity index (χ3v) is 4.42. The van der Waals surface area contributed by atoms with Crippen molar-refractivity contribution in [1.29, 1.82) is 0 Å². The molecule has 2 N–H and O–H groups in total. The van der Waals surface area contributed by atoms with Gasteiger partial charge in [0.15, 0.2) is 0 Å². The first kappa shape index (κ1) is 15.7. The Morgan fingerprint density at radius 2 is 1.95 bits per heavy atom. The van der Waals surface area contributed by atoms with Crippen LogP contribution in [0, 0.1) is 5.92 Å². The zero-order chi connectivity index (χ0) is 14.5. The molecule has 0 radical (unpaired) electrons. The lowest BCUT2D eigenvalue weighted by Gasteiger charge is -2.23. The quantitative estimate of drug-likeness (QED) is 0.716. The van der Waals surface area contributed by atoms with Crippen LogP contribution in [0.1, 0.15) is 37.8 Å². The lowest BCUT2D eigenvalue weighted by atomic mass is 10.0. The van der Waals surface area contributed by atoms with Crippen molar-refractivity contribution in [2.24, 2.45) is 5.92 Å². The summed E-state index contributed by atoms with van der Waals surface area (Å²) in [7, 11) is 0. The number of benzene rings is 1. The van der Waals surface area contributed by atoms with Crippen LogP contribution in [-0.2, 0) is 0 Å². The molecule has 0 bridgehead atoms. The lowest BCUT2D eigenvalue weighted by Crippen LogP contribution is -2.34. The minimum absolute atomic E-state index is 0.165. The Balaban J connectivity index is 1.92. The van der Waals surface area contributed by atoms with Crippen molar-refractivity contribution in [3.8, 4) is 0 Å². The van der Waals surface area contributed by atoms with E-state index in [1.807, 2.05) is 12.1 Å². The van der Waals surface area contributed by atoms with Gasteiger partial charge in [0.25, 0.3) is 5.76 Å². The maximum Gasteiger partial charge on any atom is 0.288 e. The highest BCUT2D eigenvalue weighted by atomic mass is 32.2. The van der Waals surface area contributed by atoms with Crippen LogP contribution in [0.4, 0.5) is 8.78 Å². The van der Waals surface area contributed by atoms with Crippen LogP contribution < -0.4 is 5.32 Å². The molecule has 112 valence electrons. The van der Waals surface area contributed by atoms with E-state index in [1.54, 1.807) is 12.1 Å². The second kappa shape index (κ2) is 7.38. The van der Waals surface area contributed by atoms with Crippen molar-refractivity contribution in [1.82, 2.24) is 5.32 Å². The second-order valence-corrected chi connectivity index (χ2v) is 6.36. The molecule has 0 saturated heterocycles. The van der Waals surface area contributed by atoms with Crippen molar-refractivity contribution < 1.29 is 13.9 Å². The zero-order valence-electron chi connectivity index (χ0n) is 11.6. The van der Waals surface area contributed by atoms with Gasteiger partial charge in [-0.05, 0) is 49.8 Å². The van der Waals surface area contributed by atoms with Crippen LogP contribution >= 0.6 is 11.8 Å². The summed E-state index contributed by atoms with van der Waals surface area (Å²) in [5, 5.41) is 12.6. The smallest absolute Gasteiger partial charge is 0.288 e. The van der Waals surface area contributed by atoms with Gasteiger partial charge in [0.2, 0.25) is 0 Å². The largest absolute Gasteiger partial charge is 0.396 e. The fourth-order valence-corrected chi connectivity index (χ4v) is 2.95. The fourth-order valence-electron chi connectivity index (χ4n) is 2.45. The first-order valence-corrected chi connectivity index (χ1v) is 7.89. The molecule has 1 saturated carbocycles. The number of halogens is 2. The van der Waals surface area contributed by atoms with E-state index in [2.05, 4.69) is 12.2 Å². The van der Waals surface area contributed by atoms with Crippen molar-refractivity contribution in [2.75, 3.05) is 6.61 Å². The van der Waals surface area contributed by atoms with Crippen LogP contribution in [0.2, 0.25) is 0 Å². The molecule has 1 aromatic carbocycles. The molecule has 0 aliphatic heterocycles. The minimum Gasteiger partial charge on any atom is -0.396 e. The van der Waals surface area contributed by atoms with E-state index in [1.165, 1.54) is 12.8 Å². The standard InChI is InChI=1S/C15H21F2NOS/c1-10(18-14(8-9-19)12-2-3-12)11-4-6-13(7-5-11)20-15(16)17/h4-7,10,12,14-15,18-19H,2-3,8-9H2,1H3. The number of nitrogens with one attached hydrogen (secondary N) is 1. The Morgan fingerprint density at radius 3 is 2.45 bits per heavy atom. The Kier molecular flexibility index (Phi) is 5.81. The van der Waals surface area contributed by atoms with Gasteiger partial charge in [0.1, 0.15) is 0 Å². The number of alkyl halides is 2. The van der Waals surface area contributed by atoms with E-state index < -0.39 is 5.76 Å². The van der Waals surface area contributed by atoms with E-state index in [-0.39, 0.29) is 12.6 Å². The van der Waals surface area contributed by atoms with Crippen LogP contribution in [0.25, 0.3) is 0 Å². The molecule has 5 heteroatoms. The summed E-state index contributed by atoms with van der Waals surface area (Å²) in [6.45, 7) is 2.27. The molecule has 1 aliphatic carbocycles. The maximum absolute atomic E-state index is 12.3. The predicted molar refractivity (Wildman–Crippen MR) is 78.1 cm³/mol. The Bertz CT molecular complexity index is 409. The van der Waals surface area contributed by atoms with E-state index in [0.717, 1.165) is 12.0 Å². The van der Waals surface area contributed by atoms with Crippen LogP contribution in [0.3, 0.4) is 0 Å². The van der Waals surface area contributed by atoms with E-state index >= 15 is 0 Å². The zero-order valence-corrected chi connectivity index (χ0v) is 12.4. The molecule has 0 spiro atoms. The fraction of sp³-hybridized carbons (Fsp3) is 0.600. The number of rotatable bonds is 8. The number of hydrogen-bond donors (Lipinski definition) is 2. The summed E-state index contributed by atoms with van der Waals surface area (Å²) in [4.78, 5) is 0.588. The average Bonchev–Trinajstić information content (AvgIpc) is 3.22. The van der Waals surface area contributed by atoms with Gasteiger partial charge in [-0.25, -0.2) is 0 Å². The Hall–Kier alpha value is -0.650. The summed E-state index contributed by atoms with van der Waals surface area (Å²) in [5.41, 5.74) is 1.09. The number of hydrogen-bond acceptors (Lipinski definition) is 3. The molecular formula is C15H21F2NOS. The van der Waals surface area contributed by atoms with E-state index in [9.17, 15) is 8.78 Å². The van der Waals surface area contributed by atoms with Crippen molar-refractivity contribution in [2.45, 2.75) is 48.9 Å². The highest BCUT2D eigenvalue weighted by molar-refractivity contribution is 7.99. The summed E-state index contributed by atoms with van der Waals surface area (Å²) in [6.07, 6.45) is 3.23. The molecule has 0 heterocycles. The van der Waals surface area contributed by atoms with Crippen LogP contribution in [0.5, 0.6) is 0 Å². The van der Waals surface area contributed by atoms with E-state index in [0.29, 0.717) is 28.6 Å². The summed E-state index contributed by atoms with van der Waals surface area (Å²) in [5.74, 6) is -1.70. The van der Waals surface area contributed by atoms with Gasteiger partial charge in [-0.2, -0.15) is 8.78 Å². The molecule has 0 amide bonds. The lowest BCUT2D eigenvalue weighted by molar-refractivity contribution is 0.250. The summed E-state index contributed by atoms with van der Waals surface area (Å²) < 4.78 is 24.5.